The molecule has 0 fully saturated rings. The van der Waals surface area contributed by atoms with E-state index in [1.54, 1.807) is 19.1 Å². The van der Waals surface area contributed by atoms with Crippen LogP contribution in [0.15, 0.2) is 59.3 Å². The summed E-state index contributed by atoms with van der Waals surface area (Å²) >= 11 is 0. The molecule has 4 heteroatoms. The summed E-state index contributed by atoms with van der Waals surface area (Å²) < 4.78 is 0. The predicted molar refractivity (Wildman–Crippen MR) is 98.5 cm³/mol. The van der Waals surface area contributed by atoms with Gasteiger partial charge in [-0.15, -0.1) is 0 Å². The molecule has 0 spiro atoms. The van der Waals surface area contributed by atoms with E-state index in [2.05, 4.69) is 0 Å². The Hall–Kier alpha value is -1.75. The van der Waals surface area contributed by atoms with Crippen LogP contribution in [0.2, 0.25) is 0 Å². The van der Waals surface area contributed by atoms with Gasteiger partial charge in [0.25, 0.3) is 0 Å². The van der Waals surface area contributed by atoms with Gasteiger partial charge in [0.15, 0.2) is 5.78 Å². The maximum absolute atomic E-state index is 10.9. The number of rotatable bonds is 9. The van der Waals surface area contributed by atoms with Gasteiger partial charge in [-0.1, -0.05) is 53.2 Å². The molecule has 0 aliphatic heterocycles. The van der Waals surface area contributed by atoms with Gasteiger partial charge < -0.3 is 15.3 Å². The molecular weight excluding hydrogens is 304 g/mol. The maximum atomic E-state index is 10.9. The van der Waals surface area contributed by atoms with Gasteiger partial charge in [0.1, 0.15) is 0 Å². The van der Waals surface area contributed by atoms with Crippen molar-refractivity contribution in [2.45, 2.75) is 59.4 Å². The van der Waals surface area contributed by atoms with Crippen molar-refractivity contribution in [3.8, 4) is 0 Å². The van der Waals surface area contributed by atoms with E-state index in [-0.39, 0.29) is 12.2 Å². The minimum Gasteiger partial charge on any atom is -0.393 e. The van der Waals surface area contributed by atoms with Crippen molar-refractivity contribution in [3.05, 3.63) is 59.3 Å². The minimum absolute atomic E-state index is 0.0152. The van der Waals surface area contributed by atoms with Crippen LogP contribution in [0.25, 0.3) is 0 Å². The third kappa shape index (κ3) is 11.8. The molecule has 0 aromatic heterocycles. The summed E-state index contributed by atoms with van der Waals surface area (Å²) in [6, 6.07) is 0. The van der Waals surface area contributed by atoms with Crippen molar-refractivity contribution in [3.63, 3.8) is 0 Å². The molecule has 0 bridgehead atoms. The highest BCUT2D eigenvalue weighted by Gasteiger charge is 2.15. The molecule has 0 aliphatic carbocycles. The molecule has 0 aromatic carbocycles. The van der Waals surface area contributed by atoms with E-state index in [0.29, 0.717) is 0 Å². The van der Waals surface area contributed by atoms with Gasteiger partial charge in [-0.3, -0.25) is 4.79 Å². The van der Waals surface area contributed by atoms with Gasteiger partial charge in [-0.2, -0.15) is 0 Å². The van der Waals surface area contributed by atoms with Gasteiger partial charge in [-0.25, -0.2) is 0 Å². The Morgan fingerprint density at radius 3 is 2.08 bits per heavy atom. The van der Waals surface area contributed by atoms with Crippen LogP contribution in [0.3, 0.4) is 0 Å². The highest BCUT2D eigenvalue weighted by atomic mass is 16.3. The first-order chi connectivity index (χ1) is 11.1. The summed E-state index contributed by atoms with van der Waals surface area (Å²) in [5.74, 6) is 0.0152. The lowest BCUT2D eigenvalue weighted by Gasteiger charge is -2.16. The molecule has 3 atom stereocenters. The fourth-order valence-corrected chi connectivity index (χ4v) is 1.98. The summed E-state index contributed by atoms with van der Waals surface area (Å²) in [5, 5.41) is 28.8. The number of hydrogen-bond donors (Lipinski definition) is 3. The summed E-state index contributed by atoms with van der Waals surface area (Å²) in [5.41, 5.74) is 2.82. The molecule has 0 radical (unpaired) electrons. The van der Waals surface area contributed by atoms with Crippen molar-refractivity contribution in [2.75, 3.05) is 0 Å². The molecule has 0 saturated carbocycles. The number of carbonyl (C=O) groups excluding carboxylic acids is 1. The van der Waals surface area contributed by atoms with Gasteiger partial charge >= 0.3 is 0 Å². The summed E-state index contributed by atoms with van der Waals surface area (Å²) in [7, 11) is 0. The highest BCUT2D eigenvalue weighted by Crippen LogP contribution is 2.08. The average Bonchev–Trinajstić information content (AvgIpc) is 2.44. The normalized spacial score (nSPS) is 18.2. The fraction of sp³-hybridized carbons (Fsp3) is 0.450. The second kappa shape index (κ2) is 11.7. The van der Waals surface area contributed by atoms with E-state index in [9.17, 15) is 20.1 Å². The van der Waals surface area contributed by atoms with Crippen molar-refractivity contribution in [1.82, 2.24) is 0 Å². The van der Waals surface area contributed by atoms with E-state index in [4.69, 9.17) is 0 Å². The van der Waals surface area contributed by atoms with Crippen LogP contribution >= 0.6 is 0 Å². The van der Waals surface area contributed by atoms with Crippen LogP contribution in [0.1, 0.15) is 41.0 Å². The molecule has 0 aliphatic rings. The van der Waals surface area contributed by atoms with E-state index < -0.39 is 18.3 Å². The smallest absolute Gasteiger partial charge is 0.152 e. The second-order valence-electron chi connectivity index (χ2n) is 6.16. The molecule has 3 N–H and O–H groups in total. The van der Waals surface area contributed by atoms with Crippen LogP contribution in [0.5, 0.6) is 0 Å². The number of aliphatic hydroxyl groups is 3. The monoisotopic (exact) mass is 334 g/mol. The lowest BCUT2D eigenvalue weighted by molar-refractivity contribution is -0.112. The van der Waals surface area contributed by atoms with Crippen molar-refractivity contribution < 1.29 is 20.1 Å². The molecule has 0 aromatic rings. The first-order valence-corrected chi connectivity index (χ1v) is 8.06. The van der Waals surface area contributed by atoms with Crippen molar-refractivity contribution >= 4 is 5.78 Å². The van der Waals surface area contributed by atoms with Crippen molar-refractivity contribution in [2.24, 2.45) is 0 Å². The number of allylic oxidation sites excluding steroid dienone is 9. The number of carbonyl (C=O) groups is 1. The van der Waals surface area contributed by atoms with Crippen molar-refractivity contribution in [1.29, 1.82) is 0 Å². The van der Waals surface area contributed by atoms with E-state index in [1.807, 2.05) is 45.1 Å². The van der Waals surface area contributed by atoms with Crippen LogP contribution in [-0.2, 0) is 4.79 Å². The molecule has 24 heavy (non-hydrogen) atoms. The third-order valence-corrected chi connectivity index (χ3v) is 3.16. The van der Waals surface area contributed by atoms with Crippen LogP contribution in [0.4, 0.5) is 0 Å². The first-order valence-electron chi connectivity index (χ1n) is 8.06. The van der Waals surface area contributed by atoms with E-state index in [1.165, 1.54) is 13.0 Å². The van der Waals surface area contributed by atoms with Gasteiger partial charge in [0.2, 0.25) is 0 Å². The zero-order valence-corrected chi connectivity index (χ0v) is 15.2. The average molecular weight is 334 g/mol. The maximum Gasteiger partial charge on any atom is 0.152 e. The second-order valence-corrected chi connectivity index (χ2v) is 6.16. The summed E-state index contributed by atoms with van der Waals surface area (Å²) in [4.78, 5) is 10.9. The van der Waals surface area contributed by atoms with Gasteiger partial charge in [0.05, 0.1) is 18.3 Å². The number of hydrogen-bond acceptors (Lipinski definition) is 4. The Kier molecular flexibility index (Phi) is 10.9. The highest BCUT2D eigenvalue weighted by molar-refractivity contribution is 5.87. The molecule has 4 nitrogen and oxygen atoms in total. The third-order valence-electron chi connectivity index (χ3n) is 3.16. The van der Waals surface area contributed by atoms with Crippen LogP contribution < -0.4 is 0 Å². The number of aliphatic hydroxyl groups excluding tert-OH is 3. The summed E-state index contributed by atoms with van der Waals surface area (Å²) in [6.07, 6.45) is 9.91. The Labute approximate surface area is 145 Å². The minimum atomic E-state index is -1.01. The van der Waals surface area contributed by atoms with Crippen LogP contribution in [-0.4, -0.2) is 39.4 Å². The van der Waals surface area contributed by atoms with E-state index in [0.717, 1.165) is 16.7 Å². The Bertz CT molecular complexity index is 548. The molecule has 0 heterocycles. The number of ketones is 1. The summed E-state index contributed by atoms with van der Waals surface area (Å²) in [6.45, 7) is 8.79. The molecule has 0 amide bonds. The fourth-order valence-electron chi connectivity index (χ4n) is 1.98. The SMILES string of the molecule is CC(=O)/C=C/C(C)=CC(C)=C/C=C/C(C)=C/[C@@H](O)[C@H](O)C[C@@H](C)O. The Morgan fingerprint density at radius 2 is 1.54 bits per heavy atom. The zero-order valence-electron chi connectivity index (χ0n) is 15.2. The largest absolute Gasteiger partial charge is 0.393 e. The molecule has 0 unspecified atom stereocenters. The molecule has 0 saturated heterocycles. The molecule has 134 valence electrons. The lowest BCUT2D eigenvalue weighted by atomic mass is 10.0. The Balaban J connectivity index is 4.74. The first kappa shape index (κ1) is 22.2. The lowest BCUT2D eigenvalue weighted by Crippen LogP contribution is -2.27. The van der Waals surface area contributed by atoms with Gasteiger partial charge in [0, 0.05) is 6.42 Å². The topological polar surface area (TPSA) is 77.8 Å². The standard InChI is InChI=1S/C20H30O4/c1-14(11-16(3)9-10-17(4)21)7-6-8-15(2)12-19(23)20(24)13-18(5)22/h6-12,18-20,22-24H,13H2,1-5H3/b8-6+,10-9+,14-7?,15-12+,16-11?/t18-,19-,20-/m1/s1. The Morgan fingerprint density at radius 1 is 0.917 bits per heavy atom. The van der Waals surface area contributed by atoms with Crippen LogP contribution in [0, 0.1) is 0 Å². The molecular formula is C20H30O4. The van der Waals surface area contributed by atoms with Gasteiger partial charge in [-0.05, 0) is 40.7 Å². The quantitative estimate of drug-likeness (QED) is 0.447. The predicted octanol–water partition coefficient (Wildman–Crippen LogP) is 3.02. The zero-order chi connectivity index (χ0) is 18.7. The molecule has 0 rings (SSSR count). The van der Waals surface area contributed by atoms with E-state index >= 15 is 0 Å².